The van der Waals surface area contributed by atoms with Crippen LogP contribution in [0.1, 0.15) is 48.8 Å². The van der Waals surface area contributed by atoms with Crippen molar-refractivity contribution in [3.05, 3.63) is 34.9 Å². The molecule has 0 heterocycles. The van der Waals surface area contributed by atoms with Crippen molar-refractivity contribution in [1.29, 1.82) is 0 Å². The number of benzene rings is 1. The lowest BCUT2D eigenvalue weighted by molar-refractivity contribution is 0.245. The van der Waals surface area contributed by atoms with E-state index in [2.05, 4.69) is 51.3 Å². The third-order valence-electron chi connectivity index (χ3n) is 4.39. The van der Waals surface area contributed by atoms with E-state index in [0.717, 1.165) is 24.3 Å². The largest absolute Gasteiger partial charge is 0.319 e. The normalized spacial score (nSPS) is 28.3. The van der Waals surface area contributed by atoms with Gasteiger partial charge in [0.1, 0.15) is 0 Å². The molecule has 3 atom stereocenters. The number of nitrogens with one attached hydrogen (secondary N) is 1. The van der Waals surface area contributed by atoms with Crippen LogP contribution in [0.3, 0.4) is 0 Å². The van der Waals surface area contributed by atoms with Crippen molar-refractivity contribution in [2.45, 2.75) is 46.0 Å². The first-order valence-electron chi connectivity index (χ1n) is 7.33. The molecule has 0 saturated heterocycles. The Morgan fingerprint density at radius 1 is 1.11 bits per heavy atom. The molecule has 18 heavy (non-hydrogen) atoms. The number of hydrogen-bond acceptors (Lipinski definition) is 1. The predicted octanol–water partition coefficient (Wildman–Crippen LogP) is 4.04. The molecule has 3 unspecified atom stereocenters. The molecule has 1 aromatic rings. The lowest BCUT2D eigenvalue weighted by Crippen LogP contribution is -2.30. The Kier molecular flexibility index (Phi) is 4.45. The molecule has 1 fully saturated rings. The van der Waals surface area contributed by atoms with E-state index in [-0.39, 0.29) is 0 Å². The van der Waals surface area contributed by atoms with Gasteiger partial charge in [-0.25, -0.2) is 0 Å². The van der Waals surface area contributed by atoms with Gasteiger partial charge >= 0.3 is 0 Å². The van der Waals surface area contributed by atoms with Crippen LogP contribution in [0.15, 0.2) is 18.2 Å². The minimum absolute atomic E-state index is 0.750. The maximum atomic E-state index is 3.38. The van der Waals surface area contributed by atoms with E-state index in [9.17, 15) is 0 Å². The minimum atomic E-state index is 0.750. The van der Waals surface area contributed by atoms with Gasteiger partial charge in [0.25, 0.3) is 0 Å². The van der Waals surface area contributed by atoms with Gasteiger partial charge in [-0.05, 0) is 63.6 Å². The molecule has 0 aliphatic heterocycles. The Bertz CT molecular complexity index is 376. The van der Waals surface area contributed by atoms with Crippen LogP contribution in [-0.2, 0) is 0 Å². The van der Waals surface area contributed by atoms with E-state index < -0.39 is 0 Å². The standard InChI is InChI=1S/C17H27N/c1-12-5-6-15(11-18-4)17(10-12)16-8-13(2)7-14(3)9-16/h7-9,12,15,17-18H,5-6,10-11H2,1-4H3. The molecule has 0 radical (unpaired) electrons. The lowest BCUT2D eigenvalue weighted by atomic mass is 9.71. The van der Waals surface area contributed by atoms with Crippen LogP contribution < -0.4 is 5.32 Å². The van der Waals surface area contributed by atoms with Gasteiger partial charge in [-0.15, -0.1) is 0 Å². The second-order valence-electron chi connectivity index (χ2n) is 6.26. The fourth-order valence-electron chi connectivity index (χ4n) is 3.58. The highest BCUT2D eigenvalue weighted by atomic mass is 14.8. The van der Waals surface area contributed by atoms with Gasteiger partial charge in [-0.3, -0.25) is 0 Å². The molecule has 0 spiro atoms. The van der Waals surface area contributed by atoms with Gasteiger partial charge in [0, 0.05) is 0 Å². The maximum Gasteiger partial charge on any atom is -0.00177 e. The first-order valence-corrected chi connectivity index (χ1v) is 7.33. The second-order valence-corrected chi connectivity index (χ2v) is 6.26. The van der Waals surface area contributed by atoms with Crippen molar-refractivity contribution in [2.24, 2.45) is 11.8 Å². The fourth-order valence-corrected chi connectivity index (χ4v) is 3.58. The van der Waals surface area contributed by atoms with Crippen LogP contribution in [0.4, 0.5) is 0 Å². The van der Waals surface area contributed by atoms with Gasteiger partial charge < -0.3 is 5.32 Å². The second kappa shape index (κ2) is 5.88. The van der Waals surface area contributed by atoms with Crippen molar-refractivity contribution < 1.29 is 0 Å². The molecular formula is C17H27N. The zero-order valence-electron chi connectivity index (χ0n) is 12.3. The summed E-state index contributed by atoms with van der Waals surface area (Å²) in [6.07, 6.45) is 4.13. The zero-order valence-corrected chi connectivity index (χ0v) is 12.3. The third-order valence-corrected chi connectivity index (χ3v) is 4.39. The van der Waals surface area contributed by atoms with Crippen molar-refractivity contribution in [3.8, 4) is 0 Å². The van der Waals surface area contributed by atoms with Crippen LogP contribution in [0.25, 0.3) is 0 Å². The fraction of sp³-hybridized carbons (Fsp3) is 0.647. The third kappa shape index (κ3) is 3.14. The molecule has 2 rings (SSSR count). The van der Waals surface area contributed by atoms with E-state index in [1.165, 1.54) is 30.4 Å². The van der Waals surface area contributed by atoms with Crippen molar-refractivity contribution >= 4 is 0 Å². The quantitative estimate of drug-likeness (QED) is 0.847. The highest BCUT2D eigenvalue weighted by Gasteiger charge is 2.29. The Labute approximate surface area is 112 Å². The Hall–Kier alpha value is -0.820. The van der Waals surface area contributed by atoms with Crippen LogP contribution in [0, 0.1) is 25.7 Å². The maximum absolute atomic E-state index is 3.38. The highest BCUT2D eigenvalue weighted by Crippen LogP contribution is 2.40. The van der Waals surface area contributed by atoms with E-state index >= 15 is 0 Å². The molecular weight excluding hydrogens is 218 g/mol. The predicted molar refractivity (Wildman–Crippen MR) is 79.1 cm³/mol. The van der Waals surface area contributed by atoms with E-state index in [4.69, 9.17) is 0 Å². The summed E-state index contributed by atoms with van der Waals surface area (Å²) in [5.74, 6) is 2.44. The Morgan fingerprint density at radius 2 is 1.78 bits per heavy atom. The summed E-state index contributed by atoms with van der Waals surface area (Å²) in [4.78, 5) is 0. The van der Waals surface area contributed by atoms with Crippen molar-refractivity contribution in [2.75, 3.05) is 13.6 Å². The molecule has 1 aliphatic carbocycles. The first-order chi connectivity index (χ1) is 8.60. The van der Waals surface area contributed by atoms with E-state index in [1.807, 2.05) is 0 Å². The summed E-state index contributed by atoms with van der Waals surface area (Å²) >= 11 is 0. The smallest absolute Gasteiger partial charge is 0.00177 e. The van der Waals surface area contributed by atoms with E-state index in [1.54, 1.807) is 5.56 Å². The van der Waals surface area contributed by atoms with Gasteiger partial charge in [0.15, 0.2) is 0 Å². The summed E-state index contributed by atoms with van der Waals surface area (Å²) in [7, 11) is 2.08. The van der Waals surface area contributed by atoms with Crippen molar-refractivity contribution in [3.63, 3.8) is 0 Å². The summed E-state index contributed by atoms with van der Waals surface area (Å²) in [6, 6.07) is 7.08. The first kappa shape index (κ1) is 13.6. The summed E-state index contributed by atoms with van der Waals surface area (Å²) in [5, 5.41) is 3.38. The van der Waals surface area contributed by atoms with Crippen LogP contribution >= 0.6 is 0 Å². The SMILES string of the molecule is CNCC1CCC(C)CC1c1cc(C)cc(C)c1. The van der Waals surface area contributed by atoms with Crippen LogP contribution in [0.2, 0.25) is 0 Å². The molecule has 100 valence electrons. The molecule has 1 heteroatoms. The average molecular weight is 245 g/mol. The van der Waals surface area contributed by atoms with Gasteiger partial charge in [-0.2, -0.15) is 0 Å². The Morgan fingerprint density at radius 3 is 2.39 bits per heavy atom. The molecule has 0 amide bonds. The zero-order chi connectivity index (χ0) is 13.1. The van der Waals surface area contributed by atoms with Gasteiger partial charge in [-0.1, -0.05) is 42.7 Å². The molecule has 1 aliphatic rings. The molecule has 1 N–H and O–H groups in total. The lowest BCUT2D eigenvalue weighted by Gasteiger charge is -2.35. The molecule has 1 aromatic carbocycles. The van der Waals surface area contributed by atoms with Crippen LogP contribution in [-0.4, -0.2) is 13.6 Å². The van der Waals surface area contributed by atoms with E-state index in [0.29, 0.717) is 0 Å². The molecule has 0 bridgehead atoms. The molecule has 0 aromatic heterocycles. The average Bonchev–Trinajstić information content (AvgIpc) is 2.30. The van der Waals surface area contributed by atoms with Crippen LogP contribution in [0.5, 0.6) is 0 Å². The monoisotopic (exact) mass is 245 g/mol. The number of rotatable bonds is 3. The molecule has 1 nitrogen and oxygen atoms in total. The number of aryl methyl sites for hydroxylation is 2. The summed E-state index contributed by atoms with van der Waals surface area (Å²) in [5.41, 5.74) is 4.39. The van der Waals surface area contributed by atoms with Gasteiger partial charge in [0.05, 0.1) is 0 Å². The highest BCUT2D eigenvalue weighted by molar-refractivity contribution is 5.31. The minimum Gasteiger partial charge on any atom is -0.319 e. The summed E-state index contributed by atoms with van der Waals surface area (Å²) < 4.78 is 0. The molecule has 1 saturated carbocycles. The van der Waals surface area contributed by atoms with Gasteiger partial charge in [0.2, 0.25) is 0 Å². The Balaban J connectivity index is 2.25. The topological polar surface area (TPSA) is 12.0 Å². The van der Waals surface area contributed by atoms with Crippen molar-refractivity contribution in [1.82, 2.24) is 5.32 Å². The number of hydrogen-bond donors (Lipinski definition) is 1. The summed E-state index contributed by atoms with van der Waals surface area (Å²) in [6.45, 7) is 8.00.